The van der Waals surface area contributed by atoms with Crippen molar-refractivity contribution in [2.75, 3.05) is 7.11 Å². The van der Waals surface area contributed by atoms with Crippen LogP contribution in [0.15, 0.2) is 73.3 Å². The number of nitrogens with zero attached hydrogens (tertiary/aromatic N) is 3. The van der Waals surface area contributed by atoms with Crippen LogP contribution in [0.2, 0.25) is 0 Å². The number of carbonyl (C=O) groups excluding carboxylic acids is 1. The number of carbonyl (C=O) groups is 1. The molecule has 0 N–H and O–H groups in total. The van der Waals surface area contributed by atoms with Gasteiger partial charge in [-0.25, -0.2) is 14.5 Å². The van der Waals surface area contributed by atoms with Crippen molar-refractivity contribution in [3.63, 3.8) is 0 Å². The molecule has 4 aromatic rings. The van der Waals surface area contributed by atoms with Crippen LogP contribution in [-0.2, 0) is 6.54 Å². The predicted octanol–water partition coefficient (Wildman–Crippen LogP) is 3.71. The summed E-state index contributed by atoms with van der Waals surface area (Å²) >= 11 is 0. The molecule has 0 atom stereocenters. The molecular formula is C21H17N3O3. The first-order valence-corrected chi connectivity index (χ1v) is 8.42. The number of fused-ring (bicyclic) bond motifs is 1. The van der Waals surface area contributed by atoms with Crippen LogP contribution >= 0.6 is 0 Å². The molecule has 0 radical (unpaired) electrons. The van der Waals surface area contributed by atoms with E-state index in [1.54, 1.807) is 36.3 Å². The van der Waals surface area contributed by atoms with E-state index in [0.717, 1.165) is 22.1 Å². The SMILES string of the molecule is COc1ccc2ccc(OC(=O)c3ccc(Cn4cncn4)cc3)cc2c1. The largest absolute Gasteiger partial charge is 0.497 e. The lowest BCUT2D eigenvalue weighted by Crippen LogP contribution is -2.09. The number of esters is 1. The summed E-state index contributed by atoms with van der Waals surface area (Å²) in [5.74, 6) is 0.853. The number of hydrogen-bond acceptors (Lipinski definition) is 5. The Morgan fingerprint density at radius 2 is 1.70 bits per heavy atom. The molecule has 1 aromatic heterocycles. The minimum absolute atomic E-state index is 0.399. The van der Waals surface area contributed by atoms with Crippen molar-refractivity contribution < 1.29 is 14.3 Å². The maximum absolute atomic E-state index is 12.4. The van der Waals surface area contributed by atoms with Gasteiger partial charge >= 0.3 is 5.97 Å². The Morgan fingerprint density at radius 3 is 2.41 bits per heavy atom. The smallest absolute Gasteiger partial charge is 0.343 e. The molecule has 0 bridgehead atoms. The molecule has 0 aliphatic heterocycles. The lowest BCUT2D eigenvalue weighted by molar-refractivity contribution is 0.0735. The highest BCUT2D eigenvalue weighted by Gasteiger charge is 2.09. The van der Waals surface area contributed by atoms with E-state index < -0.39 is 5.97 Å². The number of hydrogen-bond donors (Lipinski definition) is 0. The Balaban J connectivity index is 1.49. The molecule has 0 spiro atoms. The molecule has 134 valence electrons. The van der Waals surface area contributed by atoms with E-state index in [1.165, 1.54) is 6.33 Å². The Kier molecular flexibility index (Phi) is 4.53. The second-order valence-electron chi connectivity index (χ2n) is 6.05. The van der Waals surface area contributed by atoms with Crippen molar-refractivity contribution in [2.24, 2.45) is 0 Å². The Bertz CT molecular complexity index is 1070. The summed E-state index contributed by atoms with van der Waals surface area (Å²) in [5, 5.41) is 6.06. The van der Waals surface area contributed by atoms with Crippen molar-refractivity contribution in [2.45, 2.75) is 6.54 Å². The normalized spacial score (nSPS) is 10.7. The van der Waals surface area contributed by atoms with Gasteiger partial charge in [-0.2, -0.15) is 5.10 Å². The van der Waals surface area contributed by atoms with Gasteiger partial charge < -0.3 is 9.47 Å². The van der Waals surface area contributed by atoms with Crippen LogP contribution in [-0.4, -0.2) is 27.8 Å². The fourth-order valence-corrected chi connectivity index (χ4v) is 2.81. The van der Waals surface area contributed by atoms with Crippen LogP contribution in [0.5, 0.6) is 11.5 Å². The van der Waals surface area contributed by atoms with Crippen LogP contribution < -0.4 is 9.47 Å². The first kappa shape index (κ1) is 16.8. The van der Waals surface area contributed by atoms with Crippen LogP contribution in [0.4, 0.5) is 0 Å². The minimum atomic E-state index is -0.399. The zero-order chi connectivity index (χ0) is 18.6. The van der Waals surface area contributed by atoms with Gasteiger partial charge in [-0.05, 0) is 52.7 Å². The summed E-state index contributed by atoms with van der Waals surface area (Å²) in [6.07, 6.45) is 3.14. The first-order valence-electron chi connectivity index (χ1n) is 8.42. The molecule has 3 aromatic carbocycles. The standard InChI is InChI=1S/C21H17N3O3/c1-26-19-8-6-16-7-9-20(11-18(16)10-19)27-21(25)17-4-2-15(3-5-17)12-24-14-22-13-23-24/h2-11,13-14H,12H2,1H3. The average molecular weight is 359 g/mol. The van der Waals surface area contributed by atoms with Gasteiger partial charge in [-0.3, -0.25) is 0 Å². The molecule has 0 fully saturated rings. The van der Waals surface area contributed by atoms with Crippen molar-refractivity contribution in [3.05, 3.63) is 84.4 Å². The van der Waals surface area contributed by atoms with Gasteiger partial charge in [0.1, 0.15) is 24.2 Å². The third-order valence-electron chi connectivity index (χ3n) is 4.23. The number of ether oxygens (including phenoxy) is 2. The average Bonchev–Trinajstić information content (AvgIpc) is 3.21. The monoisotopic (exact) mass is 359 g/mol. The number of rotatable bonds is 5. The lowest BCUT2D eigenvalue weighted by atomic mass is 10.1. The molecule has 0 saturated heterocycles. The van der Waals surface area contributed by atoms with E-state index in [-0.39, 0.29) is 0 Å². The molecule has 27 heavy (non-hydrogen) atoms. The van der Waals surface area contributed by atoms with Gasteiger partial charge in [-0.1, -0.05) is 24.3 Å². The number of benzene rings is 3. The van der Waals surface area contributed by atoms with Crippen molar-refractivity contribution >= 4 is 16.7 Å². The van der Waals surface area contributed by atoms with E-state index >= 15 is 0 Å². The van der Waals surface area contributed by atoms with Gasteiger partial charge in [0.15, 0.2) is 0 Å². The van der Waals surface area contributed by atoms with E-state index in [0.29, 0.717) is 17.9 Å². The molecule has 0 aliphatic rings. The quantitative estimate of drug-likeness (QED) is 0.401. The molecule has 0 unspecified atom stereocenters. The minimum Gasteiger partial charge on any atom is -0.497 e. The summed E-state index contributed by atoms with van der Waals surface area (Å²) < 4.78 is 12.5. The molecule has 0 saturated carbocycles. The van der Waals surface area contributed by atoms with Crippen LogP contribution in [0, 0.1) is 0 Å². The first-order chi connectivity index (χ1) is 13.2. The summed E-state index contributed by atoms with van der Waals surface area (Å²) in [5.41, 5.74) is 1.51. The van der Waals surface area contributed by atoms with Gasteiger partial charge in [0.05, 0.1) is 19.2 Å². The van der Waals surface area contributed by atoms with Crippen LogP contribution in [0.1, 0.15) is 15.9 Å². The summed E-state index contributed by atoms with van der Waals surface area (Å²) in [6, 6.07) is 18.6. The highest BCUT2D eigenvalue weighted by atomic mass is 16.5. The Morgan fingerprint density at radius 1 is 0.963 bits per heavy atom. The third-order valence-corrected chi connectivity index (χ3v) is 4.23. The maximum atomic E-state index is 12.4. The van der Waals surface area contributed by atoms with Gasteiger partial charge in [0, 0.05) is 0 Å². The fraction of sp³-hybridized carbons (Fsp3) is 0.0952. The van der Waals surface area contributed by atoms with Crippen molar-refractivity contribution in [1.29, 1.82) is 0 Å². The zero-order valence-electron chi connectivity index (χ0n) is 14.7. The second kappa shape index (κ2) is 7.29. The molecular weight excluding hydrogens is 342 g/mol. The molecule has 4 rings (SSSR count). The molecule has 0 aliphatic carbocycles. The van der Waals surface area contributed by atoms with Gasteiger partial charge in [-0.15, -0.1) is 0 Å². The number of methoxy groups -OCH3 is 1. The lowest BCUT2D eigenvalue weighted by Gasteiger charge is -2.08. The van der Waals surface area contributed by atoms with E-state index in [1.807, 2.05) is 42.5 Å². The van der Waals surface area contributed by atoms with Crippen molar-refractivity contribution in [1.82, 2.24) is 14.8 Å². The second-order valence-corrected chi connectivity index (χ2v) is 6.05. The molecule has 6 nitrogen and oxygen atoms in total. The van der Waals surface area contributed by atoms with E-state index in [4.69, 9.17) is 9.47 Å². The maximum Gasteiger partial charge on any atom is 0.343 e. The van der Waals surface area contributed by atoms with Crippen LogP contribution in [0.3, 0.4) is 0 Å². The summed E-state index contributed by atoms with van der Waals surface area (Å²) in [7, 11) is 1.62. The van der Waals surface area contributed by atoms with Gasteiger partial charge in [0.2, 0.25) is 0 Å². The van der Waals surface area contributed by atoms with Crippen LogP contribution in [0.25, 0.3) is 10.8 Å². The Hall–Kier alpha value is -3.67. The number of aromatic nitrogens is 3. The molecule has 1 heterocycles. The topological polar surface area (TPSA) is 66.2 Å². The summed E-state index contributed by atoms with van der Waals surface area (Å²) in [4.78, 5) is 16.3. The zero-order valence-corrected chi connectivity index (χ0v) is 14.7. The van der Waals surface area contributed by atoms with E-state index in [2.05, 4.69) is 10.1 Å². The molecule has 6 heteroatoms. The predicted molar refractivity (Wildman–Crippen MR) is 101 cm³/mol. The fourth-order valence-electron chi connectivity index (χ4n) is 2.81. The highest BCUT2D eigenvalue weighted by molar-refractivity contribution is 5.92. The third kappa shape index (κ3) is 3.79. The van der Waals surface area contributed by atoms with Crippen molar-refractivity contribution in [3.8, 4) is 11.5 Å². The highest BCUT2D eigenvalue weighted by Crippen LogP contribution is 2.25. The Labute approximate surface area is 156 Å². The van der Waals surface area contributed by atoms with E-state index in [9.17, 15) is 4.79 Å². The summed E-state index contributed by atoms with van der Waals surface area (Å²) in [6.45, 7) is 0.599. The molecule has 0 amide bonds. The van der Waals surface area contributed by atoms with Gasteiger partial charge in [0.25, 0.3) is 0 Å².